The molecule has 4 heterocycles. The molecule has 6 heteroatoms. The molecule has 0 radical (unpaired) electrons. The van der Waals surface area contributed by atoms with Crippen molar-refractivity contribution in [3.05, 3.63) is 29.6 Å². The summed E-state index contributed by atoms with van der Waals surface area (Å²) in [5.74, 6) is 2.47. The van der Waals surface area contributed by atoms with Crippen molar-refractivity contribution in [1.29, 1.82) is 0 Å². The van der Waals surface area contributed by atoms with Gasteiger partial charge in [-0.2, -0.15) is 0 Å². The van der Waals surface area contributed by atoms with Crippen molar-refractivity contribution in [1.82, 2.24) is 19.9 Å². The lowest BCUT2D eigenvalue weighted by Crippen LogP contribution is -2.25. The van der Waals surface area contributed by atoms with Crippen LogP contribution in [0.5, 0.6) is 0 Å². The Labute approximate surface area is 162 Å². The van der Waals surface area contributed by atoms with Crippen LogP contribution < -0.4 is 4.90 Å². The number of hydrogen-bond acceptors (Lipinski definition) is 4. The molecule has 2 unspecified atom stereocenters. The van der Waals surface area contributed by atoms with Gasteiger partial charge in [0, 0.05) is 36.1 Å². The highest BCUT2D eigenvalue weighted by Gasteiger charge is 2.34. The number of aromatic nitrogens is 4. The zero-order chi connectivity index (χ0) is 19.0. The summed E-state index contributed by atoms with van der Waals surface area (Å²) >= 11 is 0. The van der Waals surface area contributed by atoms with Gasteiger partial charge in [-0.3, -0.25) is 0 Å². The molecule has 148 valence electrons. The molecule has 2 atom stereocenters. The predicted molar refractivity (Wildman–Crippen MR) is 107 cm³/mol. The number of ether oxygens (including phenoxy) is 1. The minimum Gasteiger partial charge on any atom is -0.367 e. The first-order valence-electron chi connectivity index (χ1n) is 10.4. The lowest BCUT2D eigenvalue weighted by atomic mass is 9.83. The quantitative estimate of drug-likeness (QED) is 0.787. The molecule has 2 N–H and O–H groups in total. The van der Waals surface area contributed by atoms with E-state index in [0.717, 1.165) is 44.1 Å². The molecule has 0 amide bonds. The monoisotopic (exact) mass is 371 g/mol. The highest BCUT2D eigenvalue weighted by molar-refractivity contribution is 5.34. The number of nitrogens with one attached hydrogen (secondary N) is 2. The van der Waals surface area contributed by atoms with Crippen LogP contribution in [0.15, 0.2) is 12.4 Å². The molecule has 2 aliphatic heterocycles. The van der Waals surface area contributed by atoms with Gasteiger partial charge >= 0.3 is 0 Å². The average Bonchev–Trinajstić information content (AvgIpc) is 3.37. The van der Waals surface area contributed by atoms with Crippen molar-refractivity contribution in [3.8, 4) is 0 Å². The van der Waals surface area contributed by atoms with E-state index in [1.165, 1.54) is 24.2 Å². The smallest absolute Gasteiger partial charge is 0.202 e. The molecular weight excluding hydrogens is 338 g/mol. The second-order valence-electron chi connectivity index (χ2n) is 9.11. The minimum absolute atomic E-state index is 0.0107. The van der Waals surface area contributed by atoms with Crippen LogP contribution in [0.25, 0.3) is 0 Å². The first-order valence-corrected chi connectivity index (χ1v) is 10.4. The highest BCUT2D eigenvalue weighted by Crippen LogP contribution is 2.38. The number of H-pyrrole nitrogens is 2. The van der Waals surface area contributed by atoms with Crippen LogP contribution in [0.3, 0.4) is 0 Å². The van der Waals surface area contributed by atoms with E-state index in [9.17, 15) is 0 Å². The maximum Gasteiger partial charge on any atom is 0.202 e. The summed E-state index contributed by atoms with van der Waals surface area (Å²) < 4.78 is 6.37. The first-order chi connectivity index (χ1) is 12.9. The molecule has 27 heavy (non-hydrogen) atoms. The van der Waals surface area contributed by atoms with Crippen molar-refractivity contribution in [2.24, 2.45) is 0 Å². The van der Waals surface area contributed by atoms with Gasteiger partial charge in [0.2, 0.25) is 5.95 Å². The maximum atomic E-state index is 6.37. The van der Waals surface area contributed by atoms with E-state index in [1.54, 1.807) is 0 Å². The first kappa shape index (κ1) is 18.5. The Balaban J connectivity index is 1.38. The Kier molecular flexibility index (Phi) is 5.01. The van der Waals surface area contributed by atoms with Crippen LogP contribution in [-0.2, 0) is 10.2 Å². The SMILES string of the molecule is CC(C)c1cnc(C2CCC(CC(C)(C)c3cnc(N4CCCC4)[nH]3)O2)[nH]1. The molecule has 0 aromatic carbocycles. The number of rotatable bonds is 6. The molecule has 0 bridgehead atoms. The van der Waals surface area contributed by atoms with E-state index >= 15 is 0 Å². The molecule has 0 spiro atoms. The lowest BCUT2D eigenvalue weighted by molar-refractivity contribution is 0.0247. The Morgan fingerprint density at radius 1 is 1.15 bits per heavy atom. The predicted octanol–water partition coefficient (Wildman–Crippen LogP) is 4.44. The summed E-state index contributed by atoms with van der Waals surface area (Å²) in [6.07, 6.45) is 9.96. The van der Waals surface area contributed by atoms with E-state index in [2.05, 4.69) is 52.5 Å². The third kappa shape index (κ3) is 3.91. The lowest BCUT2D eigenvalue weighted by Gasteiger charge is -2.27. The van der Waals surface area contributed by atoms with Gasteiger partial charge in [0.15, 0.2) is 0 Å². The summed E-state index contributed by atoms with van der Waals surface area (Å²) in [7, 11) is 0. The number of anilines is 1. The van der Waals surface area contributed by atoms with Crippen LogP contribution >= 0.6 is 0 Å². The van der Waals surface area contributed by atoms with Gasteiger partial charge < -0.3 is 19.6 Å². The number of imidazole rings is 2. The van der Waals surface area contributed by atoms with E-state index in [4.69, 9.17) is 4.74 Å². The second kappa shape index (κ2) is 7.30. The van der Waals surface area contributed by atoms with Crippen LogP contribution in [-0.4, -0.2) is 39.1 Å². The second-order valence-corrected chi connectivity index (χ2v) is 9.11. The molecule has 2 aliphatic rings. The molecule has 2 aromatic heterocycles. The van der Waals surface area contributed by atoms with Crippen molar-refractivity contribution < 1.29 is 4.74 Å². The topological polar surface area (TPSA) is 69.8 Å². The third-order valence-electron chi connectivity index (χ3n) is 6.08. The summed E-state index contributed by atoms with van der Waals surface area (Å²) in [4.78, 5) is 18.6. The van der Waals surface area contributed by atoms with Crippen molar-refractivity contribution in [3.63, 3.8) is 0 Å². The summed E-state index contributed by atoms with van der Waals surface area (Å²) in [5, 5.41) is 0. The molecular formula is C21H33N5O. The Hall–Kier alpha value is -1.82. The zero-order valence-corrected chi connectivity index (χ0v) is 17.1. The van der Waals surface area contributed by atoms with Gasteiger partial charge in [-0.25, -0.2) is 9.97 Å². The summed E-state index contributed by atoms with van der Waals surface area (Å²) in [6.45, 7) is 11.2. The highest BCUT2D eigenvalue weighted by atomic mass is 16.5. The molecule has 6 nitrogen and oxygen atoms in total. The van der Waals surface area contributed by atoms with Crippen molar-refractivity contribution >= 4 is 5.95 Å². The van der Waals surface area contributed by atoms with Crippen LogP contribution in [0.2, 0.25) is 0 Å². The standard InChI is InChI=1S/C21H33N5O/c1-14(2)16-12-22-19(24-16)17-8-7-15(27-17)11-21(3,4)18-13-23-20(25-18)26-9-5-6-10-26/h12-15,17H,5-11H2,1-4H3,(H,22,24)(H,23,25). The molecule has 2 fully saturated rings. The van der Waals surface area contributed by atoms with Crippen LogP contribution in [0.1, 0.15) is 89.0 Å². The van der Waals surface area contributed by atoms with E-state index in [0.29, 0.717) is 5.92 Å². The van der Waals surface area contributed by atoms with Crippen molar-refractivity contribution in [2.45, 2.75) is 83.3 Å². The van der Waals surface area contributed by atoms with Gasteiger partial charge in [-0.05, 0) is 38.0 Å². The van der Waals surface area contributed by atoms with E-state index < -0.39 is 0 Å². The number of nitrogens with zero attached hydrogens (tertiary/aromatic N) is 3. The van der Waals surface area contributed by atoms with E-state index in [-0.39, 0.29) is 17.6 Å². The Bertz CT molecular complexity index is 756. The largest absolute Gasteiger partial charge is 0.367 e. The fourth-order valence-electron chi connectivity index (χ4n) is 4.29. The van der Waals surface area contributed by atoms with Crippen molar-refractivity contribution in [2.75, 3.05) is 18.0 Å². The molecule has 2 saturated heterocycles. The van der Waals surface area contributed by atoms with Gasteiger partial charge in [-0.1, -0.05) is 27.7 Å². The Morgan fingerprint density at radius 2 is 1.93 bits per heavy atom. The number of hydrogen-bond donors (Lipinski definition) is 2. The summed E-state index contributed by atoms with van der Waals surface area (Å²) in [6, 6.07) is 0. The fraction of sp³-hybridized carbons (Fsp3) is 0.714. The molecule has 0 aliphatic carbocycles. The maximum absolute atomic E-state index is 6.37. The zero-order valence-electron chi connectivity index (χ0n) is 17.1. The van der Waals surface area contributed by atoms with Gasteiger partial charge in [0.05, 0.1) is 12.3 Å². The number of aromatic amines is 2. The fourth-order valence-corrected chi connectivity index (χ4v) is 4.29. The minimum atomic E-state index is 0.0107. The Morgan fingerprint density at radius 3 is 2.63 bits per heavy atom. The van der Waals surface area contributed by atoms with Gasteiger partial charge in [-0.15, -0.1) is 0 Å². The van der Waals surface area contributed by atoms with Crippen LogP contribution in [0.4, 0.5) is 5.95 Å². The molecule has 0 saturated carbocycles. The van der Waals surface area contributed by atoms with Gasteiger partial charge in [0.1, 0.15) is 11.9 Å². The van der Waals surface area contributed by atoms with E-state index in [1.807, 2.05) is 12.4 Å². The van der Waals surface area contributed by atoms with Gasteiger partial charge in [0.25, 0.3) is 0 Å². The van der Waals surface area contributed by atoms with Crippen LogP contribution in [0, 0.1) is 0 Å². The molecule has 2 aromatic rings. The normalized spacial score (nSPS) is 23.7. The summed E-state index contributed by atoms with van der Waals surface area (Å²) in [5.41, 5.74) is 2.40. The average molecular weight is 372 g/mol. The molecule has 4 rings (SSSR count). The third-order valence-corrected chi connectivity index (χ3v) is 6.08.